The Morgan fingerprint density at radius 3 is 2.30 bits per heavy atom. The van der Waals surface area contributed by atoms with Crippen molar-refractivity contribution in [2.75, 3.05) is 0 Å². The second-order valence-electron chi connectivity index (χ2n) is 7.06. The third-order valence-corrected chi connectivity index (χ3v) is 8.92. The van der Waals surface area contributed by atoms with E-state index in [1.807, 2.05) is 0 Å². The van der Waals surface area contributed by atoms with E-state index in [9.17, 15) is 4.39 Å². The summed E-state index contributed by atoms with van der Waals surface area (Å²) in [6.07, 6.45) is 1.76. The van der Waals surface area contributed by atoms with Crippen LogP contribution in [0.25, 0.3) is 0 Å². The fourth-order valence-corrected chi connectivity index (χ4v) is 3.31. The van der Waals surface area contributed by atoms with Crippen molar-refractivity contribution < 1.29 is 13.6 Å². The van der Waals surface area contributed by atoms with Gasteiger partial charge in [0.2, 0.25) is 0 Å². The standard InChI is InChI=1S/C16H25FO2Si/c1-16(2,3)20(4,5)19-15-11-10-14(18-15)12-6-8-13(17)9-7-12/h6-9,14-15H,10-11H2,1-5H3/t14-,15?/m0/s1. The molecule has 0 amide bonds. The molecule has 0 spiro atoms. The Morgan fingerprint density at radius 1 is 1.15 bits per heavy atom. The summed E-state index contributed by atoms with van der Waals surface area (Å²) < 4.78 is 25.2. The first-order chi connectivity index (χ1) is 9.19. The minimum absolute atomic E-state index is 0.0327. The molecule has 2 rings (SSSR count). The van der Waals surface area contributed by atoms with Gasteiger partial charge in [-0.05, 0) is 42.2 Å². The summed E-state index contributed by atoms with van der Waals surface area (Å²) in [6, 6.07) is 6.57. The molecule has 2 nitrogen and oxygen atoms in total. The van der Waals surface area contributed by atoms with Crippen molar-refractivity contribution in [1.29, 1.82) is 0 Å². The van der Waals surface area contributed by atoms with E-state index in [4.69, 9.17) is 9.16 Å². The molecule has 0 aromatic heterocycles. The summed E-state index contributed by atoms with van der Waals surface area (Å²) in [5, 5.41) is 0.185. The molecule has 1 fully saturated rings. The summed E-state index contributed by atoms with van der Waals surface area (Å²) in [4.78, 5) is 0. The fourth-order valence-electron chi connectivity index (χ4n) is 2.12. The second-order valence-corrected chi connectivity index (χ2v) is 11.8. The summed E-state index contributed by atoms with van der Waals surface area (Å²) in [6.45, 7) is 11.2. The maximum atomic E-state index is 12.9. The summed E-state index contributed by atoms with van der Waals surface area (Å²) in [5.74, 6) is -0.208. The number of ether oxygens (including phenoxy) is 1. The van der Waals surface area contributed by atoms with Gasteiger partial charge in [-0.2, -0.15) is 0 Å². The Labute approximate surface area is 122 Å². The van der Waals surface area contributed by atoms with E-state index in [1.165, 1.54) is 12.1 Å². The zero-order valence-corrected chi connectivity index (χ0v) is 14.1. The van der Waals surface area contributed by atoms with Gasteiger partial charge in [-0.3, -0.25) is 0 Å². The minimum atomic E-state index is -1.79. The number of benzene rings is 1. The maximum Gasteiger partial charge on any atom is 0.195 e. The predicted octanol–water partition coefficient (Wildman–Crippen LogP) is 5.03. The molecule has 112 valence electrons. The van der Waals surface area contributed by atoms with E-state index in [1.54, 1.807) is 12.1 Å². The molecule has 0 bridgehead atoms. The third-order valence-electron chi connectivity index (χ3n) is 4.45. The van der Waals surface area contributed by atoms with Gasteiger partial charge in [0.05, 0.1) is 6.10 Å². The molecule has 1 heterocycles. The van der Waals surface area contributed by atoms with Gasteiger partial charge < -0.3 is 9.16 Å². The van der Waals surface area contributed by atoms with E-state index in [0.717, 1.165) is 18.4 Å². The molecule has 0 saturated carbocycles. The van der Waals surface area contributed by atoms with Crippen molar-refractivity contribution in [3.8, 4) is 0 Å². The molecular weight excluding hydrogens is 271 g/mol. The topological polar surface area (TPSA) is 18.5 Å². The van der Waals surface area contributed by atoms with Crippen LogP contribution in [0.5, 0.6) is 0 Å². The van der Waals surface area contributed by atoms with Crippen LogP contribution in [0.4, 0.5) is 4.39 Å². The molecule has 0 aliphatic carbocycles. The molecule has 0 N–H and O–H groups in total. The first-order valence-corrected chi connectivity index (χ1v) is 10.2. The largest absolute Gasteiger partial charge is 0.392 e. The van der Waals surface area contributed by atoms with E-state index in [0.29, 0.717) is 0 Å². The Balaban J connectivity index is 1.98. The highest BCUT2D eigenvalue weighted by atomic mass is 28.4. The minimum Gasteiger partial charge on any atom is -0.392 e. The Hall–Kier alpha value is -0.713. The number of hydrogen-bond donors (Lipinski definition) is 0. The molecule has 4 heteroatoms. The molecule has 1 aromatic carbocycles. The van der Waals surface area contributed by atoms with Crippen LogP contribution in [-0.2, 0) is 9.16 Å². The molecule has 1 aromatic rings. The normalized spacial score (nSPS) is 24.1. The molecule has 1 saturated heterocycles. The van der Waals surface area contributed by atoms with Gasteiger partial charge in [-0.25, -0.2) is 4.39 Å². The van der Waals surface area contributed by atoms with E-state index in [2.05, 4.69) is 33.9 Å². The monoisotopic (exact) mass is 296 g/mol. The van der Waals surface area contributed by atoms with Gasteiger partial charge in [0.25, 0.3) is 0 Å². The zero-order chi connectivity index (χ0) is 15.0. The number of rotatable bonds is 3. The highest BCUT2D eigenvalue weighted by Crippen LogP contribution is 2.41. The lowest BCUT2D eigenvalue weighted by atomic mass is 10.1. The molecule has 2 atom stereocenters. The van der Waals surface area contributed by atoms with Crippen LogP contribution < -0.4 is 0 Å². The zero-order valence-electron chi connectivity index (χ0n) is 13.1. The van der Waals surface area contributed by atoms with Crippen LogP contribution in [-0.4, -0.2) is 14.6 Å². The Morgan fingerprint density at radius 2 is 1.75 bits per heavy atom. The first kappa shape index (κ1) is 15.7. The molecule has 1 unspecified atom stereocenters. The van der Waals surface area contributed by atoms with Crippen LogP contribution >= 0.6 is 0 Å². The van der Waals surface area contributed by atoms with Crippen molar-refractivity contribution in [2.24, 2.45) is 0 Å². The van der Waals surface area contributed by atoms with Crippen molar-refractivity contribution in [2.45, 2.75) is 64.1 Å². The quantitative estimate of drug-likeness (QED) is 0.729. The van der Waals surface area contributed by atoms with Crippen molar-refractivity contribution in [3.63, 3.8) is 0 Å². The lowest BCUT2D eigenvalue weighted by Gasteiger charge is -2.38. The SMILES string of the molecule is CC(C)(C)[Si](C)(C)OC1CC[C@@H](c2ccc(F)cc2)O1. The lowest BCUT2D eigenvalue weighted by molar-refractivity contribution is -0.0818. The lowest BCUT2D eigenvalue weighted by Crippen LogP contribution is -2.43. The van der Waals surface area contributed by atoms with E-state index < -0.39 is 8.32 Å². The van der Waals surface area contributed by atoms with Crippen molar-refractivity contribution >= 4 is 8.32 Å². The molecule has 1 aliphatic heterocycles. The van der Waals surface area contributed by atoms with Gasteiger partial charge in [0.15, 0.2) is 8.32 Å². The number of halogens is 1. The maximum absolute atomic E-state index is 12.9. The number of hydrogen-bond acceptors (Lipinski definition) is 2. The van der Waals surface area contributed by atoms with Crippen LogP contribution in [0.2, 0.25) is 18.1 Å². The van der Waals surface area contributed by atoms with Crippen LogP contribution in [0.15, 0.2) is 24.3 Å². The second kappa shape index (κ2) is 5.58. The van der Waals surface area contributed by atoms with Gasteiger partial charge in [-0.1, -0.05) is 32.9 Å². The summed E-state index contributed by atoms with van der Waals surface area (Å²) >= 11 is 0. The average Bonchev–Trinajstić information content (AvgIpc) is 2.76. The highest BCUT2D eigenvalue weighted by Gasteiger charge is 2.41. The van der Waals surface area contributed by atoms with Crippen molar-refractivity contribution in [1.82, 2.24) is 0 Å². The van der Waals surface area contributed by atoms with E-state index >= 15 is 0 Å². The van der Waals surface area contributed by atoms with Crippen molar-refractivity contribution in [3.05, 3.63) is 35.6 Å². The molecule has 0 radical (unpaired) electrons. The molecular formula is C16H25FO2Si. The van der Waals surface area contributed by atoms with Gasteiger partial charge in [0, 0.05) is 6.42 Å². The summed E-state index contributed by atoms with van der Waals surface area (Å²) in [7, 11) is -1.79. The predicted molar refractivity (Wildman–Crippen MR) is 81.5 cm³/mol. The van der Waals surface area contributed by atoms with Crippen LogP contribution in [0.3, 0.4) is 0 Å². The smallest absolute Gasteiger partial charge is 0.195 e. The third kappa shape index (κ3) is 3.48. The highest BCUT2D eigenvalue weighted by molar-refractivity contribution is 6.74. The molecule has 20 heavy (non-hydrogen) atoms. The van der Waals surface area contributed by atoms with Gasteiger partial charge >= 0.3 is 0 Å². The molecule has 1 aliphatic rings. The fraction of sp³-hybridized carbons (Fsp3) is 0.625. The Bertz CT molecular complexity index is 451. The summed E-state index contributed by atoms with van der Waals surface area (Å²) in [5.41, 5.74) is 1.03. The first-order valence-electron chi connectivity index (χ1n) is 7.28. The van der Waals surface area contributed by atoms with E-state index in [-0.39, 0.29) is 23.2 Å². The van der Waals surface area contributed by atoms with Gasteiger partial charge in [-0.15, -0.1) is 0 Å². The Kier molecular flexibility index (Phi) is 4.37. The van der Waals surface area contributed by atoms with Gasteiger partial charge in [0.1, 0.15) is 12.1 Å². The van der Waals surface area contributed by atoms with Crippen LogP contribution in [0, 0.1) is 5.82 Å². The average molecular weight is 296 g/mol. The van der Waals surface area contributed by atoms with Crippen LogP contribution in [0.1, 0.15) is 45.3 Å².